The molecule has 0 unspecified atom stereocenters. The predicted octanol–water partition coefficient (Wildman–Crippen LogP) is 3.67. The van der Waals surface area contributed by atoms with Gasteiger partial charge in [-0.2, -0.15) is 0 Å². The van der Waals surface area contributed by atoms with Gasteiger partial charge < -0.3 is 24.1 Å². The molecule has 2 aromatic carbocycles. The number of ether oxygens (including phenoxy) is 3. The summed E-state index contributed by atoms with van der Waals surface area (Å²) in [6.07, 6.45) is 0. The van der Waals surface area contributed by atoms with E-state index in [4.69, 9.17) is 18.7 Å². The Morgan fingerprint density at radius 3 is 2.38 bits per heavy atom. The fourth-order valence-electron chi connectivity index (χ4n) is 2.68. The zero-order chi connectivity index (χ0) is 20.8. The number of carbonyl (C=O) groups is 2. The van der Waals surface area contributed by atoms with Gasteiger partial charge in [0.2, 0.25) is 5.91 Å². The topological polar surface area (TPSA) is 99.9 Å². The van der Waals surface area contributed by atoms with E-state index < -0.39 is 5.97 Å². The van der Waals surface area contributed by atoms with E-state index in [0.29, 0.717) is 23.0 Å². The van der Waals surface area contributed by atoms with Gasteiger partial charge >= 0.3 is 5.97 Å². The Hall–Kier alpha value is -3.81. The van der Waals surface area contributed by atoms with Crippen LogP contribution in [-0.4, -0.2) is 31.3 Å². The number of benzene rings is 2. The highest BCUT2D eigenvalue weighted by molar-refractivity contribution is 6.01. The summed E-state index contributed by atoms with van der Waals surface area (Å²) in [5.41, 5.74) is 1.71. The van der Waals surface area contributed by atoms with Crippen LogP contribution < -0.4 is 14.8 Å². The Morgan fingerprint density at radius 2 is 1.72 bits per heavy atom. The molecule has 0 bridgehead atoms. The molecular weight excluding hydrogens is 376 g/mol. The molecule has 0 aliphatic rings. The van der Waals surface area contributed by atoms with Crippen molar-refractivity contribution in [2.24, 2.45) is 0 Å². The lowest BCUT2D eigenvalue weighted by Crippen LogP contribution is -2.13. The van der Waals surface area contributed by atoms with Gasteiger partial charge in [0.1, 0.15) is 12.3 Å². The highest BCUT2D eigenvalue weighted by atomic mass is 16.5. The molecule has 29 heavy (non-hydrogen) atoms. The molecule has 0 saturated carbocycles. The number of hydrogen-bond donors (Lipinski definition) is 1. The number of carbonyl (C=O) groups excluding carboxylic acids is 2. The molecule has 150 valence electrons. The van der Waals surface area contributed by atoms with Crippen molar-refractivity contribution in [2.45, 2.75) is 13.5 Å². The van der Waals surface area contributed by atoms with Gasteiger partial charge in [0, 0.05) is 30.7 Å². The second-order valence-corrected chi connectivity index (χ2v) is 6.06. The molecule has 1 N–H and O–H groups in total. The van der Waals surface area contributed by atoms with Crippen LogP contribution >= 0.6 is 0 Å². The van der Waals surface area contributed by atoms with Crippen LogP contribution in [0.2, 0.25) is 0 Å². The van der Waals surface area contributed by atoms with Crippen LogP contribution in [0.15, 0.2) is 53.1 Å². The first-order valence-electron chi connectivity index (χ1n) is 8.73. The van der Waals surface area contributed by atoms with Crippen molar-refractivity contribution in [1.82, 2.24) is 5.16 Å². The number of aromatic nitrogens is 1. The average molecular weight is 396 g/mol. The second kappa shape index (κ2) is 8.92. The number of methoxy groups -OCH3 is 2. The van der Waals surface area contributed by atoms with E-state index >= 15 is 0 Å². The van der Waals surface area contributed by atoms with E-state index in [0.717, 1.165) is 5.56 Å². The zero-order valence-electron chi connectivity index (χ0n) is 16.2. The van der Waals surface area contributed by atoms with Crippen LogP contribution in [-0.2, 0) is 16.1 Å². The first-order valence-corrected chi connectivity index (χ1v) is 8.73. The van der Waals surface area contributed by atoms with E-state index in [2.05, 4.69) is 10.5 Å². The molecule has 3 aromatic rings. The standard InChI is InChI=1S/C21H20N2O6/c1-13(24)22-17-11-20(27-3)19(26-2)10-16(17)21(25)28-12-15-9-18(29-23-15)14-7-5-4-6-8-14/h4-11H,12H2,1-3H3,(H,22,24). The molecular formula is C21H20N2O6. The molecule has 8 nitrogen and oxygen atoms in total. The predicted molar refractivity (Wildman–Crippen MR) is 105 cm³/mol. The Bertz CT molecular complexity index is 1010. The van der Waals surface area contributed by atoms with Gasteiger partial charge in [-0.15, -0.1) is 0 Å². The number of rotatable bonds is 7. The highest BCUT2D eigenvalue weighted by Crippen LogP contribution is 2.34. The lowest BCUT2D eigenvalue weighted by atomic mass is 10.1. The molecule has 0 atom stereocenters. The van der Waals surface area contributed by atoms with Crippen molar-refractivity contribution in [1.29, 1.82) is 0 Å². The van der Waals surface area contributed by atoms with Crippen molar-refractivity contribution < 1.29 is 28.3 Å². The number of nitrogens with zero attached hydrogens (tertiary/aromatic N) is 1. The Kier molecular flexibility index (Phi) is 6.13. The quantitative estimate of drug-likeness (QED) is 0.608. The molecule has 1 amide bonds. The van der Waals surface area contributed by atoms with Crippen molar-refractivity contribution >= 4 is 17.6 Å². The first-order chi connectivity index (χ1) is 14.0. The van der Waals surface area contributed by atoms with Gasteiger partial charge in [-0.1, -0.05) is 35.5 Å². The molecule has 0 aliphatic carbocycles. The van der Waals surface area contributed by atoms with Gasteiger partial charge in [0.25, 0.3) is 0 Å². The Morgan fingerprint density at radius 1 is 1.03 bits per heavy atom. The molecule has 0 aliphatic heterocycles. The Labute approximate surface area is 167 Å². The number of hydrogen-bond acceptors (Lipinski definition) is 7. The molecule has 8 heteroatoms. The van der Waals surface area contributed by atoms with E-state index in [9.17, 15) is 9.59 Å². The summed E-state index contributed by atoms with van der Waals surface area (Å²) in [7, 11) is 2.91. The van der Waals surface area contributed by atoms with Crippen molar-refractivity contribution in [2.75, 3.05) is 19.5 Å². The zero-order valence-corrected chi connectivity index (χ0v) is 16.2. The number of amides is 1. The summed E-state index contributed by atoms with van der Waals surface area (Å²) in [4.78, 5) is 24.1. The minimum atomic E-state index is -0.654. The summed E-state index contributed by atoms with van der Waals surface area (Å²) in [6, 6.07) is 14.1. The number of esters is 1. The smallest absolute Gasteiger partial charge is 0.340 e. The Balaban J connectivity index is 1.78. The summed E-state index contributed by atoms with van der Waals surface area (Å²) in [5, 5.41) is 6.52. The maximum Gasteiger partial charge on any atom is 0.340 e. The molecule has 0 spiro atoms. The van der Waals surface area contributed by atoms with Crippen LogP contribution in [0.3, 0.4) is 0 Å². The third kappa shape index (κ3) is 4.73. The van der Waals surface area contributed by atoms with E-state index in [1.54, 1.807) is 6.07 Å². The maximum atomic E-state index is 12.6. The minimum absolute atomic E-state index is 0.0942. The molecule has 1 heterocycles. The van der Waals surface area contributed by atoms with E-state index in [1.165, 1.54) is 33.3 Å². The first kappa shape index (κ1) is 19.9. The number of nitrogens with one attached hydrogen (secondary N) is 1. The van der Waals surface area contributed by atoms with Crippen molar-refractivity contribution in [3.63, 3.8) is 0 Å². The fourth-order valence-corrected chi connectivity index (χ4v) is 2.68. The molecule has 0 fully saturated rings. The lowest BCUT2D eigenvalue weighted by Gasteiger charge is -2.14. The van der Waals surface area contributed by atoms with Crippen LogP contribution in [0.5, 0.6) is 11.5 Å². The molecule has 0 saturated heterocycles. The average Bonchev–Trinajstić information content (AvgIpc) is 3.21. The van der Waals surface area contributed by atoms with Crippen LogP contribution in [0.1, 0.15) is 23.0 Å². The SMILES string of the molecule is COc1cc(NC(C)=O)c(C(=O)OCc2cc(-c3ccccc3)on2)cc1OC. The van der Waals surface area contributed by atoms with Crippen LogP contribution in [0.4, 0.5) is 5.69 Å². The third-order valence-electron chi connectivity index (χ3n) is 4.02. The van der Waals surface area contributed by atoms with E-state index in [1.807, 2.05) is 30.3 Å². The van der Waals surface area contributed by atoms with Crippen molar-refractivity contribution in [3.05, 3.63) is 59.8 Å². The minimum Gasteiger partial charge on any atom is -0.493 e. The van der Waals surface area contributed by atoms with Gasteiger partial charge in [0.15, 0.2) is 17.3 Å². The molecule has 3 rings (SSSR count). The van der Waals surface area contributed by atoms with Gasteiger partial charge in [-0.05, 0) is 0 Å². The summed E-state index contributed by atoms with van der Waals surface area (Å²) < 4.78 is 21.1. The normalized spacial score (nSPS) is 10.3. The van der Waals surface area contributed by atoms with E-state index in [-0.39, 0.29) is 23.8 Å². The van der Waals surface area contributed by atoms with Gasteiger partial charge in [-0.25, -0.2) is 4.79 Å². The summed E-state index contributed by atoms with van der Waals surface area (Å²) >= 11 is 0. The summed E-state index contributed by atoms with van der Waals surface area (Å²) in [5.74, 6) is 0.286. The second-order valence-electron chi connectivity index (χ2n) is 6.06. The molecule has 0 radical (unpaired) electrons. The maximum absolute atomic E-state index is 12.6. The van der Waals surface area contributed by atoms with Gasteiger partial charge in [-0.3, -0.25) is 4.79 Å². The monoisotopic (exact) mass is 396 g/mol. The number of anilines is 1. The summed E-state index contributed by atoms with van der Waals surface area (Å²) in [6.45, 7) is 1.25. The third-order valence-corrected chi connectivity index (χ3v) is 4.02. The largest absolute Gasteiger partial charge is 0.493 e. The lowest BCUT2D eigenvalue weighted by molar-refractivity contribution is -0.114. The fraction of sp³-hybridized carbons (Fsp3) is 0.190. The van der Waals surface area contributed by atoms with Crippen LogP contribution in [0.25, 0.3) is 11.3 Å². The van der Waals surface area contributed by atoms with Crippen molar-refractivity contribution in [3.8, 4) is 22.8 Å². The van der Waals surface area contributed by atoms with Gasteiger partial charge in [0.05, 0.1) is 25.5 Å². The highest BCUT2D eigenvalue weighted by Gasteiger charge is 2.20. The van der Waals surface area contributed by atoms with Crippen LogP contribution in [0, 0.1) is 0 Å². The molecule has 1 aromatic heterocycles.